The molecule has 0 aliphatic rings. The summed E-state index contributed by atoms with van der Waals surface area (Å²) in [7, 11) is 0. The molecule has 0 unspecified atom stereocenters. The molecule has 0 bridgehead atoms. The summed E-state index contributed by atoms with van der Waals surface area (Å²) in [4.78, 5) is 18.9. The van der Waals surface area contributed by atoms with Crippen molar-refractivity contribution in [2.24, 2.45) is 0 Å². The third kappa shape index (κ3) is 3.87. The molecule has 0 fully saturated rings. The second kappa shape index (κ2) is 6.80. The first kappa shape index (κ1) is 15.6. The number of hydrogen-bond acceptors (Lipinski definition) is 3. The lowest BCUT2D eigenvalue weighted by atomic mass is 10.2. The van der Waals surface area contributed by atoms with Crippen LogP contribution >= 0.6 is 15.9 Å². The van der Waals surface area contributed by atoms with Crippen molar-refractivity contribution in [1.82, 2.24) is 9.97 Å². The Kier molecular flexibility index (Phi) is 5.06. The van der Waals surface area contributed by atoms with Gasteiger partial charge in [-0.1, -0.05) is 13.3 Å². The first-order valence-corrected chi connectivity index (χ1v) is 7.14. The smallest absolute Gasteiger partial charge is 0.387 e. The van der Waals surface area contributed by atoms with Crippen LogP contribution in [0.2, 0.25) is 0 Å². The van der Waals surface area contributed by atoms with Gasteiger partial charge in [0.15, 0.2) is 0 Å². The van der Waals surface area contributed by atoms with Crippen molar-refractivity contribution in [2.45, 2.75) is 26.4 Å². The summed E-state index contributed by atoms with van der Waals surface area (Å²) in [6, 6.07) is 5.95. The van der Waals surface area contributed by atoms with Crippen LogP contribution in [-0.2, 0) is 6.42 Å². The second-order valence-electron chi connectivity index (χ2n) is 4.33. The predicted molar refractivity (Wildman–Crippen MR) is 78.6 cm³/mol. The molecular weight excluding hydrogens is 346 g/mol. The van der Waals surface area contributed by atoms with Gasteiger partial charge in [0.05, 0.1) is 5.69 Å². The number of nitrogens with one attached hydrogen (secondary N) is 1. The first-order valence-electron chi connectivity index (χ1n) is 6.35. The molecule has 1 heterocycles. The third-order valence-corrected chi connectivity index (χ3v) is 3.59. The van der Waals surface area contributed by atoms with E-state index in [0.717, 1.165) is 6.42 Å². The molecule has 0 radical (unpaired) electrons. The minimum atomic E-state index is -2.86. The van der Waals surface area contributed by atoms with Gasteiger partial charge in [0.1, 0.15) is 16.0 Å². The lowest BCUT2D eigenvalue weighted by Crippen LogP contribution is -2.13. The fourth-order valence-electron chi connectivity index (χ4n) is 1.84. The molecule has 0 aliphatic heterocycles. The molecule has 0 aliphatic carbocycles. The molecule has 112 valence electrons. The summed E-state index contributed by atoms with van der Waals surface area (Å²) in [5.41, 5.74) is 1.03. The zero-order chi connectivity index (χ0) is 15.4. The Hall–Kier alpha value is -1.76. The number of alkyl halides is 2. The summed E-state index contributed by atoms with van der Waals surface area (Å²) in [6.45, 7) is -0.872. The topological polar surface area (TPSA) is 55.0 Å². The van der Waals surface area contributed by atoms with E-state index in [2.05, 4.69) is 30.6 Å². The molecule has 2 aromatic rings. The zero-order valence-corrected chi connectivity index (χ0v) is 12.8. The van der Waals surface area contributed by atoms with E-state index in [-0.39, 0.29) is 11.3 Å². The Morgan fingerprint density at radius 3 is 2.57 bits per heavy atom. The minimum absolute atomic E-state index is 0.0574. The fourth-order valence-corrected chi connectivity index (χ4v) is 2.22. The van der Waals surface area contributed by atoms with Crippen molar-refractivity contribution in [3.05, 3.63) is 44.8 Å². The van der Waals surface area contributed by atoms with Gasteiger partial charge in [-0.25, -0.2) is 4.98 Å². The Balaban J connectivity index is 2.35. The highest BCUT2D eigenvalue weighted by Gasteiger charge is 2.10. The van der Waals surface area contributed by atoms with Crippen LogP contribution in [0.25, 0.3) is 11.4 Å². The third-order valence-electron chi connectivity index (χ3n) is 2.77. The van der Waals surface area contributed by atoms with Crippen molar-refractivity contribution in [2.75, 3.05) is 0 Å². The van der Waals surface area contributed by atoms with E-state index in [1.165, 1.54) is 12.1 Å². The van der Waals surface area contributed by atoms with Crippen LogP contribution in [0.3, 0.4) is 0 Å². The number of benzene rings is 1. The summed E-state index contributed by atoms with van der Waals surface area (Å²) >= 11 is 3.22. The second-order valence-corrected chi connectivity index (χ2v) is 5.12. The average molecular weight is 359 g/mol. The van der Waals surface area contributed by atoms with E-state index in [1.807, 2.05) is 6.92 Å². The number of ether oxygens (including phenoxy) is 1. The minimum Gasteiger partial charge on any atom is -0.435 e. The lowest BCUT2D eigenvalue weighted by Gasteiger charge is -2.07. The Bertz CT molecular complexity index is 672. The molecule has 0 atom stereocenters. The zero-order valence-electron chi connectivity index (χ0n) is 11.2. The predicted octanol–water partition coefficient (Wildman–Crippen LogP) is 3.75. The molecule has 0 spiro atoms. The molecular formula is C14H13BrF2N2O2. The van der Waals surface area contributed by atoms with Crippen molar-refractivity contribution < 1.29 is 13.5 Å². The van der Waals surface area contributed by atoms with Gasteiger partial charge in [0, 0.05) is 5.56 Å². The van der Waals surface area contributed by atoms with E-state index in [1.54, 1.807) is 12.1 Å². The van der Waals surface area contributed by atoms with Crippen LogP contribution in [0.4, 0.5) is 8.78 Å². The fraction of sp³-hybridized carbons (Fsp3) is 0.286. The standard InChI is InChI=1S/C14H13BrF2N2O2/c1-2-3-10-11(15)13(20)19-12(18-10)8-4-6-9(7-5-8)21-14(16)17/h4-7,14H,2-3H2,1H3,(H,18,19,20). The number of H-pyrrole nitrogens is 1. The summed E-state index contributed by atoms with van der Waals surface area (Å²) in [5.74, 6) is 0.456. The molecule has 0 saturated carbocycles. The van der Waals surface area contributed by atoms with Crippen LogP contribution in [0.1, 0.15) is 19.0 Å². The van der Waals surface area contributed by atoms with Crippen molar-refractivity contribution in [3.8, 4) is 17.1 Å². The number of hydrogen-bond donors (Lipinski definition) is 1. The van der Waals surface area contributed by atoms with E-state index >= 15 is 0 Å². The van der Waals surface area contributed by atoms with Gasteiger partial charge >= 0.3 is 6.61 Å². The normalized spacial score (nSPS) is 10.9. The van der Waals surface area contributed by atoms with Gasteiger partial charge in [-0.15, -0.1) is 0 Å². The molecule has 21 heavy (non-hydrogen) atoms. The van der Waals surface area contributed by atoms with E-state index in [4.69, 9.17) is 0 Å². The van der Waals surface area contributed by atoms with Crippen LogP contribution < -0.4 is 10.3 Å². The molecule has 0 amide bonds. The number of aryl methyl sites for hydroxylation is 1. The van der Waals surface area contributed by atoms with Crippen LogP contribution in [0.15, 0.2) is 33.5 Å². The maximum atomic E-state index is 12.1. The molecule has 1 aromatic carbocycles. The molecule has 7 heteroatoms. The number of aromatic nitrogens is 2. The average Bonchev–Trinajstić information content (AvgIpc) is 2.44. The largest absolute Gasteiger partial charge is 0.435 e. The van der Waals surface area contributed by atoms with Crippen LogP contribution in [0.5, 0.6) is 5.75 Å². The molecule has 4 nitrogen and oxygen atoms in total. The number of rotatable bonds is 5. The summed E-state index contributed by atoms with van der Waals surface area (Å²) in [6.07, 6.45) is 1.53. The van der Waals surface area contributed by atoms with Gasteiger partial charge < -0.3 is 9.72 Å². The summed E-state index contributed by atoms with van der Waals surface area (Å²) in [5, 5.41) is 0. The van der Waals surface area contributed by atoms with Crippen molar-refractivity contribution >= 4 is 15.9 Å². The highest BCUT2D eigenvalue weighted by Crippen LogP contribution is 2.21. The molecule has 1 aromatic heterocycles. The van der Waals surface area contributed by atoms with Crippen LogP contribution in [-0.4, -0.2) is 16.6 Å². The monoisotopic (exact) mass is 358 g/mol. The van der Waals surface area contributed by atoms with Gasteiger partial charge in [-0.05, 0) is 46.6 Å². The van der Waals surface area contributed by atoms with Gasteiger partial charge in [-0.3, -0.25) is 4.79 Å². The Labute approximate surface area is 128 Å². The van der Waals surface area contributed by atoms with E-state index in [9.17, 15) is 13.6 Å². The van der Waals surface area contributed by atoms with Gasteiger partial charge in [0.2, 0.25) is 0 Å². The number of halogens is 3. The van der Waals surface area contributed by atoms with E-state index < -0.39 is 6.61 Å². The molecule has 1 N–H and O–H groups in total. The number of nitrogens with zero attached hydrogens (tertiary/aromatic N) is 1. The van der Waals surface area contributed by atoms with E-state index in [0.29, 0.717) is 28.0 Å². The molecule has 0 saturated heterocycles. The van der Waals surface area contributed by atoms with Gasteiger partial charge in [0.25, 0.3) is 5.56 Å². The summed E-state index contributed by atoms with van der Waals surface area (Å²) < 4.78 is 28.9. The first-order chi connectivity index (χ1) is 10.0. The maximum Gasteiger partial charge on any atom is 0.387 e. The maximum absolute atomic E-state index is 12.1. The Morgan fingerprint density at radius 1 is 1.33 bits per heavy atom. The van der Waals surface area contributed by atoms with Crippen molar-refractivity contribution in [1.29, 1.82) is 0 Å². The van der Waals surface area contributed by atoms with Crippen molar-refractivity contribution in [3.63, 3.8) is 0 Å². The SMILES string of the molecule is CCCc1nc(-c2ccc(OC(F)F)cc2)[nH]c(=O)c1Br. The Morgan fingerprint density at radius 2 is 2.00 bits per heavy atom. The highest BCUT2D eigenvalue weighted by molar-refractivity contribution is 9.10. The van der Waals surface area contributed by atoms with Gasteiger partial charge in [-0.2, -0.15) is 8.78 Å². The quantitative estimate of drug-likeness (QED) is 0.885. The van der Waals surface area contributed by atoms with Crippen LogP contribution in [0, 0.1) is 0 Å². The highest BCUT2D eigenvalue weighted by atomic mass is 79.9. The lowest BCUT2D eigenvalue weighted by molar-refractivity contribution is -0.0498. The number of aromatic amines is 1. The molecule has 2 rings (SSSR count).